The number of fused-ring (bicyclic) bond motifs is 1. The van der Waals surface area contributed by atoms with E-state index in [1.807, 2.05) is 48.6 Å². The van der Waals surface area contributed by atoms with Crippen LogP contribution in [0, 0.1) is 0 Å². The van der Waals surface area contributed by atoms with Gasteiger partial charge in [-0.25, -0.2) is 4.99 Å². The van der Waals surface area contributed by atoms with E-state index in [9.17, 15) is 18.0 Å². The molecule has 2 aliphatic rings. The van der Waals surface area contributed by atoms with Crippen molar-refractivity contribution < 1.29 is 18.0 Å². The van der Waals surface area contributed by atoms with Gasteiger partial charge in [-0.2, -0.15) is 13.2 Å². The van der Waals surface area contributed by atoms with Crippen molar-refractivity contribution in [1.29, 1.82) is 0 Å². The minimum Gasteiger partial charge on any atom is -0.275 e. The Balaban J connectivity index is 1.52. The number of carbonyl (C=O) groups excluding carboxylic acids is 1. The number of aliphatic imine (C=N–C) groups is 1. The molecule has 168 valence electrons. The number of carbonyl (C=O) groups is 1. The molecular weight excluding hydrogens is 437 g/mol. The van der Waals surface area contributed by atoms with Gasteiger partial charge in [-0.05, 0) is 54.0 Å². The van der Waals surface area contributed by atoms with E-state index in [2.05, 4.69) is 17.1 Å². The van der Waals surface area contributed by atoms with Crippen molar-refractivity contribution in [3.63, 3.8) is 0 Å². The number of anilines is 2. The number of benzene rings is 3. The van der Waals surface area contributed by atoms with E-state index in [-0.39, 0.29) is 17.3 Å². The third kappa shape index (κ3) is 4.10. The first-order valence-electron chi connectivity index (χ1n) is 10.8. The molecule has 6 heteroatoms. The molecule has 34 heavy (non-hydrogen) atoms. The number of allylic oxidation sites excluding steroid dienone is 6. The maximum absolute atomic E-state index is 13.4. The van der Waals surface area contributed by atoms with Crippen LogP contribution in [0.1, 0.15) is 23.1 Å². The molecule has 0 aromatic heterocycles. The number of amides is 1. The van der Waals surface area contributed by atoms with Crippen LogP contribution in [0.5, 0.6) is 0 Å². The molecular formula is C28H19F3N2O. The fraction of sp³-hybridized carbons (Fsp3) is 0.0714. The van der Waals surface area contributed by atoms with Crippen LogP contribution in [0.4, 0.5) is 30.2 Å². The summed E-state index contributed by atoms with van der Waals surface area (Å²) < 4.78 is 39.4. The van der Waals surface area contributed by atoms with E-state index < -0.39 is 11.7 Å². The molecule has 3 aromatic carbocycles. The van der Waals surface area contributed by atoms with Gasteiger partial charge in [0.1, 0.15) is 5.71 Å². The van der Waals surface area contributed by atoms with Crippen molar-refractivity contribution in [2.24, 2.45) is 4.99 Å². The summed E-state index contributed by atoms with van der Waals surface area (Å²) in [4.78, 5) is 19.3. The molecule has 1 aliphatic heterocycles. The fourth-order valence-electron chi connectivity index (χ4n) is 4.04. The number of para-hydroxylation sites is 1. The highest BCUT2D eigenvalue weighted by atomic mass is 19.4. The summed E-state index contributed by atoms with van der Waals surface area (Å²) in [5.41, 5.74) is 3.38. The summed E-state index contributed by atoms with van der Waals surface area (Å²) in [5, 5.41) is 0. The topological polar surface area (TPSA) is 32.7 Å². The smallest absolute Gasteiger partial charge is 0.275 e. The van der Waals surface area contributed by atoms with Gasteiger partial charge >= 0.3 is 6.18 Å². The van der Waals surface area contributed by atoms with Gasteiger partial charge in [0.15, 0.2) is 0 Å². The fourth-order valence-corrected chi connectivity index (χ4v) is 4.04. The van der Waals surface area contributed by atoms with Gasteiger partial charge in [-0.15, -0.1) is 0 Å². The molecule has 0 N–H and O–H groups in total. The lowest BCUT2D eigenvalue weighted by Crippen LogP contribution is -2.25. The van der Waals surface area contributed by atoms with Gasteiger partial charge in [-0.1, -0.05) is 66.8 Å². The third-order valence-corrected chi connectivity index (χ3v) is 5.68. The maximum Gasteiger partial charge on any atom is 0.416 e. The van der Waals surface area contributed by atoms with E-state index in [1.165, 1.54) is 12.1 Å². The Morgan fingerprint density at radius 2 is 1.68 bits per heavy atom. The molecule has 0 fully saturated rings. The van der Waals surface area contributed by atoms with Gasteiger partial charge in [0.05, 0.1) is 16.9 Å². The molecule has 1 aliphatic carbocycles. The second-order valence-electron chi connectivity index (χ2n) is 7.90. The lowest BCUT2D eigenvalue weighted by Gasteiger charge is -2.17. The number of hydrogen-bond donors (Lipinski definition) is 0. The lowest BCUT2D eigenvalue weighted by atomic mass is 10.0. The second kappa shape index (κ2) is 8.63. The van der Waals surface area contributed by atoms with Gasteiger partial charge in [-0.3, -0.25) is 9.69 Å². The van der Waals surface area contributed by atoms with Crippen LogP contribution in [-0.2, 0) is 11.0 Å². The van der Waals surface area contributed by atoms with E-state index in [0.29, 0.717) is 16.9 Å². The largest absolute Gasteiger partial charge is 0.416 e. The highest BCUT2D eigenvalue weighted by molar-refractivity contribution is 6.56. The molecule has 0 spiro atoms. The molecule has 0 atom stereocenters. The average Bonchev–Trinajstić information content (AvgIpc) is 3.00. The summed E-state index contributed by atoms with van der Waals surface area (Å²) >= 11 is 0. The van der Waals surface area contributed by atoms with Crippen molar-refractivity contribution >= 4 is 34.3 Å². The van der Waals surface area contributed by atoms with Crippen LogP contribution in [0.3, 0.4) is 0 Å². The zero-order chi connectivity index (χ0) is 23.7. The highest BCUT2D eigenvalue weighted by Gasteiger charge is 2.35. The number of hydrogen-bond acceptors (Lipinski definition) is 2. The SMILES string of the molecule is O=C1C(=Nc2cccc(C(F)(F)F)c2)c2ccccc2N1c1ccc(C2=CCC=CC=C2)cc1. The van der Waals surface area contributed by atoms with Crippen LogP contribution in [0.2, 0.25) is 0 Å². The van der Waals surface area contributed by atoms with E-state index in [0.717, 1.165) is 29.7 Å². The van der Waals surface area contributed by atoms with E-state index >= 15 is 0 Å². The van der Waals surface area contributed by atoms with Crippen LogP contribution in [0.25, 0.3) is 5.57 Å². The third-order valence-electron chi connectivity index (χ3n) is 5.68. The standard InChI is InChI=1S/C28H19F3N2O/c29-28(30,31)21-10-7-11-22(18-21)32-26-24-12-5-6-13-25(24)33(27(26)34)23-16-14-20(15-17-23)19-8-3-1-2-4-9-19/h1-3,5-18H,4H2. The Morgan fingerprint density at radius 3 is 2.47 bits per heavy atom. The minimum absolute atomic E-state index is 0.0749. The van der Waals surface area contributed by atoms with Crippen LogP contribution in [0.15, 0.2) is 108 Å². The van der Waals surface area contributed by atoms with Gasteiger partial charge < -0.3 is 0 Å². The van der Waals surface area contributed by atoms with Gasteiger partial charge in [0.2, 0.25) is 0 Å². The summed E-state index contributed by atoms with van der Waals surface area (Å²) in [6.07, 6.45) is 6.59. The van der Waals surface area contributed by atoms with Crippen molar-refractivity contribution in [3.8, 4) is 0 Å². The van der Waals surface area contributed by atoms with E-state index in [1.54, 1.807) is 23.1 Å². The van der Waals surface area contributed by atoms with Crippen molar-refractivity contribution in [3.05, 3.63) is 120 Å². The van der Waals surface area contributed by atoms with Crippen molar-refractivity contribution in [1.82, 2.24) is 0 Å². The van der Waals surface area contributed by atoms with E-state index in [4.69, 9.17) is 0 Å². The molecule has 3 aromatic rings. The number of nitrogens with zero attached hydrogens (tertiary/aromatic N) is 2. The molecule has 0 saturated heterocycles. The summed E-state index contributed by atoms with van der Waals surface area (Å²) in [7, 11) is 0. The number of halogens is 3. The van der Waals surface area contributed by atoms with Gasteiger partial charge in [0.25, 0.3) is 5.91 Å². The van der Waals surface area contributed by atoms with Crippen LogP contribution < -0.4 is 4.90 Å². The molecule has 0 unspecified atom stereocenters. The quantitative estimate of drug-likeness (QED) is 0.404. The zero-order valence-corrected chi connectivity index (χ0v) is 18.0. The first kappa shape index (κ1) is 21.6. The van der Waals surface area contributed by atoms with Crippen molar-refractivity contribution in [2.45, 2.75) is 12.6 Å². The number of rotatable bonds is 3. The maximum atomic E-state index is 13.4. The summed E-state index contributed by atoms with van der Waals surface area (Å²) in [6, 6.07) is 19.5. The Morgan fingerprint density at radius 1 is 0.882 bits per heavy atom. The predicted molar refractivity (Wildman–Crippen MR) is 129 cm³/mol. The lowest BCUT2D eigenvalue weighted by molar-refractivity contribution is -0.137. The Bertz CT molecular complexity index is 1380. The molecule has 1 amide bonds. The Kier molecular flexibility index (Phi) is 5.49. The monoisotopic (exact) mass is 456 g/mol. The molecule has 1 heterocycles. The second-order valence-corrected chi connectivity index (χ2v) is 7.90. The first-order chi connectivity index (χ1) is 16.4. The average molecular weight is 456 g/mol. The summed E-state index contributed by atoms with van der Waals surface area (Å²) in [5.74, 6) is -0.385. The number of alkyl halides is 3. The molecule has 5 rings (SSSR count). The van der Waals surface area contributed by atoms with Gasteiger partial charge in [0, 0.05) is 11.3 Å². The molecule has 0 saturated carbocycles. The highest BCUT2D eigenvalue weighted by Crippen LogP contribution is 2.38. The Labute approximate surface area is 194 Å². The zero-order valence-electron chi connectivity index (χ0n) is 18.0. The van der Waals surface area contributed by atoms with Crippen LogP contribution in [-0.4, -0.2) is 11.6 Å². The normalized spacial score (nSPS) is 16.6. The minimum atomic E-state index is -4.49. The van der Waals surface area contributed by atoms with Crippen LogP contribution >= 0.6 is 0 Å². The molecule has 3 nitrogen and oxygen atoms in total. The summed E-state index contributed by atoms with van der Waals surface area (Å²) in [6.45, 7) is 0. The Hall–Kier alpha value is -4.19. The predicted octanol–water partition coefficient (Wildman–Crippen LogP) is 7.40. The first-order valence-corrected chi connectivity index (χ1v) is 10.8. The van der Waals surface area contributed by atoms with Crippen molar-refractivity contribution in [2.75, 3.05) is 4.90 Å². The molecule has 0 bridgehead atoms. The molecule has 0 radical (unpaired) electrons.